The minimum Gasteiger partial charge on any atom is -0.490 e. The zero-order valence-corrected chi connectivity index (χ0v) is 18.9. The smallest absolute Gasteiger partial charge is 0.335 e. The number of carbonyl (C=O) groups excluding carboxylic acids is 3. The van der Waals surface area contributed by atoms with Crippen molar-refractivity contribution in [2.75, 3.05) is 24.9 Å². The third kappa shape index (κ3) is 4.36. The van der Waals surface area contributed by atoms with E-state index in [1.807, 2.05) is 0 Å². The van der Waals surface area contributed by atoms with Gasteiger partial charge in [-0.25, -0.2) is 9.69 Å². The number of nitrogens with one attached hydrogen (secondary N) is 1. The average molecular weight is 513 g/mol. The van der Waals surface area contributed by atoms with Gasteiger partial charge in [-0.2, -0.15) is 0 Å². The van der Waals surface area contributed by atoms with Crippen LogP contribution in [0.4, 0.5) is 10.5 Å². The van der Waals surface area contributed by atoms with Crippen LogP contribution in [0.3, 0.4) is 0 Å². The molecule has 0 spiro atoms. The second-order valence-electron chi connectivity index (χ2n) is 6.74. The van der Waals surface area contributed by atoms with Crippen molar-refractivity contribution in [2.45, 2.75) is 6.92 Å². The number of nitrogens with zero attached hydrogens (tertiary/aromatic N) is 1. The first-order valence-electron chi connectivity index (χ1n) is 9.76. The van der Waals surface area contributed by atoms with Crippen LogP contribution in [0.15, 0.2) is 40.4 Å². The Hall–Kier alpha value is -3.97. The van der Waals surface area contributed by atoms with Crippen molar-refractivity contribution in [3.63, 3.8) is 0 Å². The van der Waals surface area contributed by atoms with Crippen molar-refractivity contribution >= 4 is 45.5 Å². The van der Waals surface area contributed by atoms with Gasteiger partial charge in [0.25, 0.3) is 11.8 Å². The molecule has 2 aromatic carbocycles. The molecule has 4 amide bonds. The van der Waals surface area contributed by atoms with E-state index in [2.05, 4.69) is 27.2 Å². The molecule has 0 radical (unpaired) electrons. The fraction of sp³-hybridized carbons (Fsp3) is 0.174. The monoisotopic (exact) mass is 512 g/mol. The normalized spacial score (nSPS) is 16.0. The molecule has 0 aliphatic carbocycles. The molecule has 2 aromatic rings. The van der Waals surface area contributed by atoms with Crippen molar-refractivity contribution < 1.29 is 33.3 Å². The number of halogens is 1. The molecule has 2 heterocycles. The molecule has 168 valence electrons. The maximum absolute atomic E-state index is 13.2. The molecule has 10 heteroatoms. The number of barbiturate groups is 1. The number of benzene rings is 2. The van der Waals surface area contributed by atoms with Crippen molar-refractivity contribution in [1.29, 1.82) is 0 Å². The molecule has 4 rings (SSSR count). The highest BCUT2D eigenvalue weighted by Crippen LogP contribution is 2.38. The molecular formula is C23H17BrN2O7. The third-order valence-electron chi connectivity index (χ3n) is 4.69. The van der Waals surface area contributed by atoms with Crippen LogP contribution in [-0.4, -0.2) is 37.9 Å². The first-order chi connectivity index (χ1) is 15.9. The Morgan fingerprint density at radius 3 is 2.67 bits per heavy atom. The van der Waals surface area contributed by atoms with E-state index in [4.69, 9.17) is 25.4 Å². The number of urea groups is 1. The van der Waals surface area contributed by atoms with Crippen LogP contribution in [0.1, 0.15) is 12.5 Å². The molecule has 0 unspecified atom stereocenters. The lowest BCUT2D eigenvalue weighted by atomic mass is 10.1. The van der Waals surface area contributed by atoms with Crippen LogP contribution in [0.25, 0.3) is 6.08 Å². The number of carbonyl (C=O) groups is 3. The minimum atomic E-state index is -0.867. The summed E-state index contributed by atoms with van der Waals surface area (Å²) in [6.07, 6.45) is 6.62. The lowest BCUT2D eigenvalue weighted by Gasteiger charge is -2.26. The van der Waals surface area contributed by atoms with E-state index in [-0.39, 0.29) is 24.7 Å². The van der Waals surface area contributed by atoms with Crippen LogP contribution >= 0.6 is 15.9 Å². The Kier molecular flexibility index (Phi) is 6.24. The van der Waals surface area contributed by atoms with Gasteiger partial charge in [0.05, 0.1) is 12.3 Å². The first-order valence-corrected chi connectivity index (χ1v) is 10.6. The van der Waals surface area contributed by atoms with Gasteiger partial charge in [-0.1, -0.05) is 21.9 Å². The van der Waals surface area contributed by atoms with Crippen LogP contribution in [0, 0.1) is 12.3 Å². The maximum atomic E-state index is 13.2. The number of hydrogen-bond donors (Lipinski definition) is 1. The largest absolute Gasteiger partial charge is 0.490 e. The fourth-order valence-corrected chi connectivity index (χ4v) is 3.67. The Balaban J connectivity index is 1.72. The summed E-state index contributed by atoms with van der Waals surface area (Å²) in [4.78, 5) is 39.1. The topological polar surface area (TPSA) is 103 Å². The fourth-order valence-electron chi connectivity index (χ4n) is 3.23. The second kappa shape index (κ2) is 9.26. The number of hydrogen-bond acceptors (Lipinski definition) is 7. The quantitative estimate of drug-likeness (QED) is 0.360. The Morgan fingerprint density at radius 2 is 1.91 bits per heavy atom. The van der Waals surface area contributed by atoms with E-state index in [0.717, 1.165) is 4.90 Å². The molecule has 1 saturated heterocycles. The summed E-state index contributed by atoms with van der Waals surface area (Å²) in [5, 5.41) is 2.19. The van der Waals surface area contributed by atoms with E-state index >= 15 is 0 Å². The molecule has 1 N–H and O–H groups in total. The van der Waals surface area contributed by atoms with Gasteiger partial charge in [0.15, 0.2) is 23.0 Å². The van der Waals surface area contributed by atoms with Gasteiger partial charge < -0.3 is 18.9 Å². The highest BCUT2D eigenvalue weighted by atomic mass is 79.9. The van der Waals surface area contributed by atoms with E-state index in [0.29, 0.717) is 39.6 Å². The molecule has 2 aliphatic heterocycles. The lowest BCUT2D eigenvalue weighted by molar-refractivity contribution is -0.122. The average Bonchev–Trinajstić information content (AvgIpc) is 3.25. The van der Waals surface area contributed by atoms with E-state index in [9.17, 15) is 14.4 Å². The Bertz CT molecular complexity index is 1230. The predicted molar refractivity (Wildman–Crippen MR) is 121 cm³/mol. The predicted octanol–water partition coefficient (Wildman–Crippen LogP) is 3.25. The number of rotatable bonds is 6. The highest BCUT2D eigenvalue weighted by molar-refractivity contribution is 9.10. The van der Waals surface area contributed by atoms with Gasteiger partial charge in [0, 0.05) is 10.5 Å². The van der Waals surface area contributed by atoms with E-state index < -0.39 is 17.8 Å². The van der Waals surface area contributed by atoms with Gasteiger partial charge in [-0.3, -0.25) is 14.9 Å². The van der Waals surface area contributed by atoms with E-state index in [1.165, 1.54) is 18.2 Å². The molecule has 0 aromatic heterocycles. The standard InChI is InChI=1S/C23H17BrN2O7/c1-3-7-31-20-11-16(24)13(9-18(20)30-4-2)8-15-21(27)25-23(29)26(22(15)28)14-5-6-17-19(10-14)33-12-32-17/h1,5-6,8-11H,4,7,12H2,2H3,(H,25,27,29)/b15-8+. The molecular weight excluding hydrogens is 496 g/mol. The van der Waals surface area contributed by atoms with Crippen LogP contribution in [0.2, 0.25) is 0 Å². The van der Waals surface area contributed by atoms with Gasteiger partial charge in [0.2, 0.25) is 6.79 Å². The van der Waals surface area contributed by atoms with Crippen molar-refractivity contribution in [3.05, 3.63) is 45.9 Å². The maximum Gasteiger partial charge on any atom is 0.335 e. The summed E-state index contributed by atoms with van der Waals surface area (Å²) in [6, 6.07) is 6.97. The number of terminal acetylenes is 1. The van der Waals surface area contributed by atoms with Gasteiger partial charge in [-0.05, 0) is 42.8 Å². The van der Waals surface area contributed by atoms with Gasteiger partial charge >= 0.3 is 6.03 Å². The molecule has 33 heavy (non-hydrogen) atoms. The van der Waals surface area contributed by atoms with Crippen LogP contribution in [0.5, 0.6) is 23.0 Å². The molecule has 0 atom stereocenters. The summed E-state index contributed by atoms with van der Waals surface area (Å²) in [5.41, 5.74) is 0.449. The molecule has 1 fully saturated rings. The first kappa shape index (κ1) is 22.2. The van der Waals surface area contributed by atoms with Crippen molar-refractivity contribution in [1.82, 2.24) is 5.32 Å². The van der Waals surface area contributed by atoms with Gasteiger partial charge in [-0.15, -0.1) is 6.42 Å². The molecule has 2 aliphatic rings. The summed E-state index contributed by atoms with van der Waals surface area (Å²) in [6.45, 7) is 2.24. The number of fused-ring (bicyclic) bond motifs is 1. The molecule has 0 saturated carbocycles. The number of ether oxygens (including phenoxy) is 4. The Labute approximate surface area is 197 Å². The highest BCUT2D eigenvalue weighted by Gasteiger charge is 2.37. The second-order valence-corrected chi connectivity index (χ2v) is 7.60. The molecule has 0 bridgehead atoms. The summed E-state index contributed by atoms with van der Waals surface area (Å²) in [5.74, 6) is 2.44. The van der Waals surface area contributed by atoms with Crippen molar-refractivity contribution in [3.8, 4) is 35.3 Å². The molecule has 9 nitrogen and oxygen atoms in total. The summed E-state index contributed by atoms with van der Waals surface area (Å²) in [7, 11) is 0. The van der Waals surface area contributed by atoms with Crippen LogP contribution < -0.4 is 29.2 Å². The third-order valence-corrected chi connectivity index (χ3v) is 5.38. The van der Waals surface area contributed by atoms with Crippen LogP contribution in [-0.2, 0) is 9.59 Å². The SMILES string of the molecule is C#CCOc1cc(Br)c(/C=C2\C(=O)NC(=O)N(c3ccc4c(c3)OCO4)C2=O)cc1OCC. The Morgan fingerprint density at radius 1 is 1.15 bits per heavy atom. The van der Waals surface area contributed by atoms with Crippen molar-refractivity contribution in [2.24, 2.45) is 0 Å². The summed E-state index contributed by atoms with van der Waals surface area (Å²) < 4.78 is 22.2. The lowest BCUT2D eigenvalue weighted by Crippen LogP contribution is -2.54. The minimum absolute atomic E-state index is 0.0415. The van der Waals surface area contributed by atoms with Gasteiger partial charge in [0.1, 0.15) is 12.2 Å². The zero-order chi connectivity index (χ0) is 23.5. The number of amides is 4. The number of anilines is 1. The zero-order valence-electron chi connectivity index (χ0n) is 17.3. The van der Waals surface area contributed by atoms with E-state index in [1.54, 1.807) is 25.1 Å². The summed E-state index contributed by atoms with van der Waals surface area (Å²) >= 11 is 3.41. The number of imide groups is 2.